The second-order valence-corrected chi connectivity index (χ2v) is 7.09. The third-order valence-corrected chi connectivity index (χ3v) is 4.88. The van der Waals surface area contributed by atoms with Gasteiger partial charge in [0.25, 0.3) is 0 Å². The molecule has 1 atom stereocenters. The number of hydrogen-bond acceptors (Lipinski definition) is 3. The second kappa shape index (κ2) is 7.00. The van der Waals surface area contributed by atoms with Gasteiger partial charge in [0.2, 0.25) is 15.7 Å². The molecule has 1 aliphatic carbocycles. The third-order valence-electron chi connectivity index (χ3n) is 3.49. The number of carbonyl (C=O) groups is 1. The maximum Gasteiger partial charge on any atom is 0.341 e. The Balaban J connectivity index is 1.96. The average Bonchev–Trinajstić information content (AvgIpc) is 2.48. The number of alkyl halides is 2. The van der Waals surface area contributed by atoms with Crippen LogP contribution in [0.2, 0.25) is 0 Å². The van der Waals surface area contributed by atoms with Crippen molar-refractivity contribution in [2.24, 2.45) is 0 Å². The van der Waals surface area contributed by atoms with Gasteiger partial charge < -0.3 is 5.32 Å². The molecule has 1 aromatic rings. The van der Waals surface area contributed by atoms with Gasteiger partial charge in [-0.05, 0) is 37.0 Å². The molecule has 7 heteroatoms. The smallest absolute Gasteiger partial charge is 0.341 e. The van der Waals surface area contributed by atoms with Crippen LogP contribution in [0.25, 0.3) is 0 Å². The van der Waals surface area contributed by atoms with E-state index in [1.165, 1.54) is 12.1 Å². The molecule has 0 saturated carbocycles. The van der Waals surface area contributed by atoms with Crippen LogP contribution in [0.4, 0.5) is 8.78 Å². The maximum atomic E-state index is 12.4. The SMILES string of the molecule is O=C(Cc1ccc(S(=O)(=O)C(F)F)cc1)N[C@@H]1CC=CCC1. The minimum absolute atomic E-state index is 0.0925. The molecule has 1 N–H and O–H groups in total. The van der Waals surface area contributed by atoms with Crippen LogP contribution in [-0.4, -0.2) is 26.1 Å². The maximum absolute atomic E-state index is 12.4. The summed E-state index contributed by atoms with van der Waals surface area (Å²) < 4.78 is 47.4. The number of allylic oxidation sites excluding steroid dienone is 1. The van der Waals surface area contributed by atoms with E-state index in [4.69, 9.17) is 0 Å². The van der Waals surface area contributed by atoms with Crippen molar-refractivity contribution in [1.82, 2.24) is 5.32 Å². The Morgan fingerprint density at radius 3 is 2.45 bits per heavy atom. The van der Waals surface area contributed by atoms with Gasteiger partial charge in [-0.2, -0.15) is 8.78 Å². The van der Waals surface area contributed by atoms with Crippen LogP contribution in [-0.2, 0) is 21.1 Å². The quantitative estimate of drug-likeness (QED) is 0.844. The van der Waals surface area contributed by atoms with Crippen LogP contribution in [0.5, 0.6) is 0 Å². The zero-order chi connectivity index (χ0) is 16.2. The first-order chi connectivity index (χ1) is 10.4. The molecule has 22 heavy (non-hydrogen) atoms. The van der Waals surface area contributed by atoms with Gasteiger partial charge in [0.15, 0.2) is 0 Å². The van der Waals surface area contributed by atoms with E-state index in [2.05, 4.69) is 11.4 Å². The second-order valence-electron chi connectivity index (χ2n) is 5.18. The summed E-state index contributed by atoms with van der Waals surface area (Å²) in [5, 5.41) is 2.90. The Morgan fingerprint density at radius 1 is 1.23 bits per heavy atom. The molecule has 0 heterocycles. The monoisotopic (exact) mass is 329 g/mol. The Kier molecular flexibility index (Phi) is 5.28. The van der Waals surface area contributed by atoms with E-state index in [0.717, 1.165) is 31.4 Å². The van der Waals surface area contributed by atoms with Crippen LogP contribution in [0.15, 0.2) is 41.3 Å². The number of rotatable bonds is 5. The fraction of sp³-hybridized carbons (Fsp3) is 0.400. The lowest BCUT2D eigenvalue weighted by atomic mass is 10.0. The molecular formula is C15H17F2NO3S. The average molecular weight is 329 g/mol. The number of halogens is 2. The van der Waals surface area contributed by atoms with E-state index >= 15 is 0 Å². The van der Waals surface area contributed by atoms with Gasteiger partial charge in [-0.15, -0.1) is 0 Å². The van der Waals surface area contributed by atoms with Crippen molar-refractivity contribution < 1.29 is 22.0 Å². The lowest BCUT2D eigenvalue weighted by Gasteiger charge is -2.19. The minimum Gasteiger partial charge on any atom is -0.353 e. The Morgan fingerprint density at radius 2 is 1.91 bits per heavy atom. The van der Waals surface area contributed by atoms with Crippen molar-refractivity contribution in [3.63, 3.8) is 0 Å². The van der Waals surface area contributed by atoms with Crippen LogP contribution < -0.4 is 5.32 Å². The summed E-state index contributed by atoms with van der Waals surface area (Å²) in [6.07, 6.45) is 6.83. The highest BCUT2D eigenvalue weighted by Crippen LogP contribution is 2.19. The van der Waals surface area contributed by atoms with Crippen LogP contribution in [0.3, 0.4) is 0 Å². The van der Waals surface area contributed by atoms with Gasteiger partial charge in [-0.1, -0.05) is 24.3 Å². The molecule has 0 aliphatic heterocycles. The van der Waals surface area contributed by atoms with Crippen molar-refractivity contribution in [3.8, 4) is 0 Å². The van der Waals surface area contributed by atoms with E-state index in [0.29, 0.717) is 5.56 Å². The van der Waals surface area contributed by atoms with Crippen molar-refractivity contribution >= 4 is 15.7 Å². The van der Waals surface area contributed by atoms with Crippen LogP contribution in [0.1, 0.15) is 24.8 Å². The molecule has 0 saturated heterocycles. The largest absolute Gasteiger partial charge is 0.353 e. The molecule has 4 nitrogen and oxygen atoms in total. The summed E-state index contributed by atoms with van der Waals surface area (Å²) in [6, 6.07) is 5.10. The van der Waals surface area contributed by atoms with Crippen molar-refractivity contribution in [2.75, 3.05) is 0 Å². The number of nitrogens with one attached hydrogen (secondary N) is 1. The minimum atomic E-state index is -4.59. The van der Waals surface area contributed by atoms with Crippen molar-refractivity contribution in [1.29, 1.82) is 0 Å². The number of hydrogen-bond donors (Lipinski definition) is 1. The molecule has 0 radical (unpaired) electrons. The summed E-state index contributed by atoms with van der Waals surface area (Å²) >= 11 is 0. The van der Waals surface area contributed by atoms with E-state index in [1.807, 2.05) is 6.08 Å². The normalized spacial score (nSPS) is 18.4. The molecular weight excluding hydrogens is 312 g/mol. The molecule has 120 valence electrons. The molecule has 2 rings (SSSR count). The molecule has 1 aromatic carbocycles. The number of benzene rings is 1. The summed E-state index contributed by atoms with van der Waals surface area (Å²) in [6.45, 7) is 0. The van der Waals surface area contributed by atoms with Gasteiger partial charge >= 0.3 is 5.76 Å². The summed E-state index contributed by atoms with van der Waals surface area (Å²) in [7, 11) is -4.59. The van der Waals surface area contributed by atoms with Gasteiger partial charge in [-0.25, -0.2) is 8.42 Å². The highest BCUT2D eigenvalue weighted by Gasteiger charge is 2.26. The molecule has 0 unspecified atom stereocenters. The number of sulfone groups is 1. The fourth-order valence-electron chi connectivity index (χ4n) is 2.29. The van der Waals surface area contributed by atoms with E-state index in [-0.39, 0.29) is 18.4 Å². The van der Waals surface area contributed by atoms with E-state index < -0.39 is 20.5 Å². The molecule has 1 aliphatic rings. The van der Waals surface area contributed by atoms with E-state index in [9.17, 15) is 22.0 Å². The van der Waals surface area contributed by atoms with Crippen LogP contribution in [0, 0.1) is 0 Å². The summed E-state index contributed by atoms with van der Waals surface area (Å²) in [5.74, 6) is -3.61. The molecule has 0 aromatic heterocycles. The van der Waals surface area contributed by atoms with Gasteiger partial charge in [-0.3, -0.25) is 4.79 Å². The first-order valence-electron chi connectivity index (χ1n) is 6.95. The zero-order valence-corrected chi connectivity index (χ0v) is 12.7. The van der Waals surface area contributed by atoms with Gasteiger partial charge in [0.1, 0.15) is 0 Å². The lowest BCUT2D eigenvalue weighted by molar-refractivity contribution is -0.121. The molecule has 0 fully saturated rings. The highest BCUT2D eigenvalue weighted by atomic mass is 32.2. The number of amides is 1. The van der Waals surface area contributed by atoms with Crippen LogP contribution >= 0.6 is 0 Å². The Bertz CT molecular complexity index is 654. The topological polar surface area (TPSA) is 63.2 Å². The van der Waals surface area contributed by atoms with Gasteiger partial charge in [0, 0.05) is 6.04 Å². The first-order valence-corrected chi connectivity index (χ1v) is 8.49. The van der Waals surface area contributed by atoms with Gasteiger partial charge in [0.05, 0.1) is 11.3 Å². The van der Waals surface area contributed by atoms with Crippen molar-refractivity contribution in [3.05, 3.63) is 42.0 Å². The Labute approximate surface area is 128 Å². The molecule has 1 amide bonds. The summed E-state index contributed by atoms with van der Waals surface area (Å²) in [4.78, 5) is 11.5. The number of carbonyl (C=O) groups excluding carboxylic acids is 1. The zero-order valence-electron chi connectivity index (χ0n) is 11.8. The molecule has 0 spiro atoms. The fourth-order valence-corrected chi connectivity index (χ4v) is 3.01. The standard InChI is InChI=1S/C15H17F2NO3S/c16-15(17)22(20,21)13-8-6-11(7-9-13)10-14(19)18-12-4-2-1-3-5-12/h1-2,6-9,12,15H,3-5,10H2,(H,18,19)/t12-/m1/s1. The predicted octanol–water partition coefficient (Wildman–Crippen LogP) is 2.45. The third kappa shape index (κ3) is 4.13. The first kappa shape index (κ1) is 16.6. The molecule has 0 bridgehead atoms. The lowest BCUT2D eigenvalue weighted by Crippen LogP contribution is -2.36. The Hall–Kier alpha value is -1.76. The highest BCUT2D eigenvalue weighted by molar-refractivity contribution is 7.91. The van der Waals surface area contributed by atoms with E-state index in [1.54, 1.807) is 0 Å². The predicted molar refractivity (Wildman–Crippen MR) is 78.3 cm³/mol. The summed E-state index contributed by atoms with van der Waals surface area (Å²) in [5.41, 5.74) is 0.581. The van der Waals surface area contributed by atoms with Crippen molar-refractivity contribution in [2.45, 2.75) is 42.4 Å².